The lowest BCUT2D eigenvalue weighted by Crippen LogP contribution is -2.44. The van der Waals surface area contributed by atoms with Gasteiger partial charge in [0.1, 0.15) is 31.2 Å². The minimum Gasteiger partial charge on any atom is -0.359 e. The summed E-state index contributed by atoms with van der Waals surface area (Å²) in [5.41, 5.74) is 0. The Labute approximate surface area is 124 Å². The second kappa shape index (κ2) is 5.42. The number of fused-ring (bicyclic) bond motifs is 1. The first-order valence-corrected chi connectivity index (χ1v) is 7.25. The number of methoxy groups -OCH3 is 1. The number of hydrogen-bond acceptors (Lipinski definition) is 7. The summed E-state index contributed by atoms with van der Waals surface area (Å²) in [6.45, 7) is 8.08. The lowest BCUT2D eigenvalue weighted by molar-refractivity contribution is -0.241. The molecule has 3 aliphatic rings. The molecular weight excluding hydrogens is 280 g/mol. The molecule has 0 aromatic carbocycles. The van der Waals surface area contributed by atoms with Crippen molar-refractivity contribution in [3.05, 3.63) is 0 Å². The highest BCUT2D eigenvalue weighted by Gasteiger charge is 2.58. The van der Waals surface area contributed by atoms with Crippen molar-refractivity contribution in [1.29, 1.82) is 0 Å². The molecule has 0 spiro atoms. The van der Waals surface area contributed by atoms with E-state index < -0.39 is 17.9 Å². The summed E-state index contributed by atoms with van der Waals surface area (Å²) in [6.07, 6.45) is -1.61. The van der Waals surface area contributed by atoms with Gasteiger partial charge in [-0.05, 0) is 27.7 Å². The van der Waals surface area contributed by atoms with Gasteiger partial charge >= 0.3 is 0 Å². The normalized spacial score (nSPS) is 44.1. The molecular formula is C14H24O7. The van der Waals surface area contributed by atoms with Crippen LogP contribution in [0.2, 0.25) is 0 Å². The summed E-state index contributed by atoms with van der Waals surface area (Å²) in [7, 11) is 1.58. The van der Waals surface area contributed by atoms with Crippen molar-refractivity contribution in [2.75, 3.05) is 20.5 Å². The molecule has 122 valence electrons. The van der Waals surface area contributed by atoms with Gasteiger partial charge in [0, 0.05) is 7.11 Å². The van der Waals surface area contributed by atoms with Crippen LogP contribution in [0.15, 0.2) is 0 Å². The number of rotatable bonds is 4. The Kier molecular flexibility index (Phi) is 4.03. The third kappa shape index (κ3) is 3.10. The summed E-state index contributed by atoms with van der Waals surface area (Å²) in [5, 5.41) is 0. The van der Waals surface area contributed by atoms with Gasteiger partial charge in [-0.3, -0.25) is 0 Å². The second-order valence-corrected chi connectivity index (χ2v) is 6.47. The molecule has 0 N–H and O–H groups in total. The van der Waals surface area contributed by atoms with E-state index in [1.54, 1.807) is 7.11 Å². The van der Waals surface area contributed by atoms with Crippen molar-refractivity contribution in [1.82, 2.24) is 0 Å². The molecule has 21 heavy (non-hydrogen) atoms. The van der Waals surface area contributed by atoms with E-state index in [9.17, 15) is 0 Å². The van der Waals surface area contributed by atoms with E-state index in [4.69, 9.17) is 33.2 Å². The highest BCUT2D eigenvalue weighted by atomic mass is 16.9. The van der Waals surface area contributed by atoms with Crippen molar-refractivity contribution in [3.63, 3.8) is 0 Å². The average Bonchev–Trinajstić information content (AvgIpc) is 2.96. The zero-order valence-electron chi connectivity index (χ0n) is 13.2. The van der Waals surface area contributed by atoms with Crippen molar-refractivity contribution >= 4 is 0 Å². The van der Waals surface area contributed by atoms with Gasteiger partial charge in [-0.2, -0.15) is 0 Å². The Morgan fingerprint density at radius 2 is 1.76 bits per heavy atom. The van der Waals surface area contributed by atoms with Crippen LogP contribution >= 0.6 is 0 Å². The maximum atomic E-state index is 5.98. The number of hydrogen-bond donors (Lipinski definition) is 0. The van der Waals surface area contributed by atoms with E-state index in [1.807, 2.05) is 27.7 Å². The standard InChI is InChI=1S/C14H24O7/c1-13(2)17-6-8(19-13)9-10(16-7-15-5)11-12(18-9)21-14(3,4)20-11/h8-12H,6-7H2,1-5H3/t8?,9-,10+,11-,12-/m1/s1. The van der Waals surface area contributed by atoms with E-state index in [2.05, 4.69) is 0 Å². The second-order valence-electron chi connectivity index (χ2n) is 6.47. The average molecular weight is 304 g/mol. The maximum absolute atomic E-state index is 5.98. The number of ether oxygens (including phenoxy) is 7. The molecule has 0 saturated carbocycles. The lowest BCUT2D eigenvalue weighted by atomic mass is 10.1. The molecule has 3 rings (SSSR count). The Hall–Kier alpha value is -0.280. The van der Waals surface area contributed by atoms with Crippen molar-refractivity contribution in [2.24, 2.45) is 0 Å². The van der Waals surface area contributed by atoms with Gasteiger partial charge in [0.05, 0.1) is 6.61 Å². The first-order valence-electron chi connectivity index (χ1n) is 7.25. The van der Waals surface area contributed by atoms with E-state index >= 15 is 0 Å². The predicted molar refractivity (Wildman–Crippen MR) is 70.4 cm³/mol. The van der Waals surface area contributed by atoms with Crippen LogP contribution in [-0.4, -0.2) is 62.8 Å². The third-order valence-corrected chi connectivity index (χ3v) is 3.80. The molecule has 1 unspecified atom stereocenters. The molecule has 0 aromatic heterocycles. The van der Waals surface area contributed by atoms with Crippen LogP contribution in [0.5, 0.6) is 0 Å². The first-order chi connectivity index (χ1) is 9.81. The minimum absolute atomic E-state index is 0.161. The highest BCUT2D eigenvalue weighted by molar-refractivity contribution is 4.98. The van der Waals surface area contributed by atoms with Crippen LogP contribution in [0.25, 0.3) is 0 Å². The third-order valence-electron chi connectivity index (χ3n) is 3.80. The fourth-order valence-electron chi connectivity index (χ4n) is 3.02. The molecule has 5 atom stereocenters. The monoisotopic (exact) mass is 304 g/mol. The molecule has 0 bridgehead atoms. The van der Waals surface area contributed by atoms with Crippen LogP contribution in [0.3, 0.4) is 0 Å². The molecule has 7 nitrogen and oxygen atoms in total. The van der Waals surface area contributed by atoms with Crippen LogP contribution in [0.4, 0.5) is 0 Å². The smallest absolute Gasteiger partial charge is 0.190 e. The fourth-order valence-corrected chi connectivity index (χ4v) is 3.02. The van der Waals surface area contributed by atoms with Gasteiger partial charge in [0.2, 0.25) is 0 Å². The van der Waals surface area contributed by atoms with Crippen molar-refractivity contribution in [2.45, 2.75) is 70.0 Å². The SMILES string of the molecule is COCO[C@@H]1[C@H]2OC(C)(C)O[C@H]2O[C@@H]1C1COC(C)(C)O1. The summed E-state index contributed by atoms with van der Waals surface area (Å²) >= 11 is 0. The van der Waals surface area contributed by atoms with Crippen LogP contribution in [0.1, 0.15) is 27.7 Å². The zero-order valence-corrected chi connectivity index (χ0v) is 13.2. The van der Waals surface area contributed by atoms with Gasteiger partial charge in [0.25, 0.3) is 0 Å². The van der Waals surface area contributed by atoms with Crippen molar-refractivity contribution < 1.29 is 33.2 Å². The Balaban J connectivity index is 1.72. The summed E-state index contributed by atoms with van der Waals surface area (Å²) < 4.78 is 39.9. The molecule has 3 aliphatic heterocycles. The molecule has 0 aliphatic carbocycles. The summed E-state index contributed by atoms with van der Waals surface area (Å²) in [5.74, 6) is -1.29. The molecule has 0 radical (unpaired) electrons. The maximum Gasteiger partial charge on any atom is 0.190 e. The molecule has 3 heterocycles. The Morgan fingerprint density at radius 1 is 1.00 bits per heavy atom. The van der Waals surface area contributed by atoms with E-state index in [-0.39, 0.29) is 31.2 Å². The van der Waals surface area contributed by atoms with E-state index in [0.29, 0.717) is 6.61 Å². The molecule has 3 fully saturated rings. The molecule has 3 saturated heterocycles. The largest absolute Gasteiger partial charge is 0.359 e. The van der Waals surface area contributed by atoms with Gasteiger partial charge in [-0.25, -0.2) is 0 Å². The lowest BCUT2D eigenvalue weighted by Gasteiger charge is -2.28. The molecule has 0 amide bonds. The van der Waals surface area contributed by atoms with Crippen molar-refractivity contribution in [3.8, 4) is 0 Å². The quantitative estimate of drug-likeness (QED) is 0.718. The van der Waals surface area contributed by atoms with Gasteiger partial charge in [-0.15, -0.1) is 0 Å². The van der Waals surface area contributed by atoms with Gasteiger partial charge < -0.3 is 33.2 Å². The first kappa shape index (κ1) is 15.6. The van der Waals surface area contributed by atoms with Gasteiger partial charge in [-0.1, -0.05) is 0 Å². The Bertz CT molecular complexity index is 384. The topological polar surface area (TPSA) is 64.6 Å². The fraction of sp³-hybridized carbons (Fsp3) is 1.00. The molecule has 0 aromatic rings. The van der Waals surface area contributed by atoms with Gasteiger partial charge in [0.15, 0.2) is 17.9 Å². The Morgan fingerprint density at radius 3 is 2.38 bits per heavy atom. The van der Waals surface area contributed by atoms with Crippen LogP contribution in [-0.2, 0) is 33.2 Å². The highest BCUT2D eigenvalue weighted by Crippen LogP contribution is 2.41. The van der Waals surface area contributed by atoms with E-state index in [0.717, 1.165) is 0 Å². The zero-order chi connectivity index (χ0) is 15.3. The summed E-state index contributed by atoms with van der Waals surface area (Å²) in [6, 6.07) is 0. The predicted octanol–water partition coefficient (Wildman–Crippen LogP) is 1.00. The molecule has 7 heteroatoms. The van der Waals surface area contributed by atoms with Crippen LogP contribution in [0, 0.1) is 0 Å². The van der Waals surface area contributed by atoms with E-state index in [1.165, 1.54) is 0 Å². The minimum atomic E-state index is -0.679. The van der Waals surface area contributed by atoms with Crippen LogP contribution < -0.4 is 0 Å². The summed E-state index contributed by atoms with van der Waals surface area (Å²) in [4.78, 5) is 0.